The van der Waals surface area contributed by atoms with Gasteiger partial charge in [0.2, 0.25) is 0 Å². The normalized spacial score (nSPS) is 14.1. The molecule has 0 fully saturated rings. The summed E-state index contributed by atoms with van der Waals surface area (Å²) in [4.78, 5) is 0. The van der Waals surface area contributed by atoms with E-state index in [1.807, 2.05) is 0 Å². The maximum Gasteiger partial charge on any atom is 0.0778 e. The molecule has 0 aromatic heterocycles. The molecule has 0 aliphatic rings. The fourth-order valence-electron chi connectivity index (χ4n) is 2.09. The van der Waals surface area contributed by atoms with Crippen molar-refractivity contribution in [1.82, 2.24) is 5.32 Å². The number of unbranched alkanes of at least 4 members (excludes halogenated alkanes) is 2. The van der Waals surface area contributed by atoms with Gasteiger partial charge < -0.3 is 10.1 Å². The Labute approximate surface area is 102 Å². The van der Waals surface area contributed by atoms with Crippen LogP contribution >= 0.6 is 0 Å². The number of rotatable bonds is 10. The Morgan fingerprint density at radius 3 is 2.25 bits per heavy atom. The van der Waals surface area contributed by atoms with Crippen LogP contribution in [0, 0.1) is 0 Å². The second kappa shape index (κ2) is 9.00. The highest BCUT2D eigenvalue weighted by Gasteiger charge is 2.28. The second-order valence-corrected chi connectivity index (χ2v) is 5.04. The lowest BCUT2D eigenvalue weighted by molar-refractivity contribution is -0.0405. The summed E-state index contributed by atoms with van der Waals surface area (Å²) >= 11 is 0. The van der Waals surface area contributed by atoms with Gasteiger partial charge in [0, 0.05) is 12.6 Å². The molecule has 0 saturated carbocycles. The summed E-state index contributed by atoms with van der Waals surface area (Å²) in [5.74, 6) is 0. The average molecular weight is 229 g/mol. The minimum absolute atomic E-state index is 0.0440. The van der Waals surface area contributed by atoms with Crippen LogP contribution in [-0.4, -0.2) is 24.8 Å². The Balaban J connectivity index is 4.16. The van der Waals surface area contributed by atoms with E-state index in [2.05, 4.69) is 39.9 Å². The molecule has 2 nitrogen and oxygen atoms in total. The van der Waals surface area contributed by atoms with Gasteiger partial charge in [0.15, 0.2) is 0 Å². The zero-order valence-corrected chi connectivity index (χ0v) is 11.9. The summed E-state index contributed by atoms with van der Waals surface area (Å²) in [6, 6.07) is 0.485. The molecule has 1 unspecified atom stereocenters. The van der Waals surface area contributed by atoms with Gasteiger partial charge in [0.25, 0.3) is 0 Å². The van der Waals surface area contributed by atoms with E-state index in [0.29, 0.717) is 6.04 Å². The summed E-state index contributed by atoms with van der Waals surface area (Å²) in [7, 11) is 0. The highest BCUT2D eigenvalue weighted by molar-refractivity contribution is 4.85. The third kappa shape index (κ3) is 6.49. The lowest BCUT2D eigenvalue weighted by atomic mass is 9.93. The largest absolute Gasteiger partial charge is 0.374 e. The van der Waals surface area contributed by atoms with Crippen molar-refractivity contribution in [3.63, 3.8) is 0 Å². The van der Waals surface area contributed by atoms with Gasteiger partial charge in [-0.2, -0.15) is 0 Å². The number of ether oxygens (including phenoxy) is 1. The smallest absolute Gasteiger partial charge is 0.0778 e. The topological polar surface area (TPSA) is 21.3 Å². The fourth-order valence-corrected chi connectivity index (χ4v) is 2.09. The first kappa shape index (κ1) is 15.9. The van der Waals surface area contributed by atoms with Crippen LogP contribution in [0.4, 0.5) is 0 Å². The molecular formula is C14H31NO. The second-order valence-electron chi connectivity index (χ2n) is 5.04. The Kier molecular flexibility index (Phi) is 8.96. The molecule has 1 atom stereocenters. The van der Waals surface area contributed by atoms with Crippen LogP contribution in [0.15, 0.2) is 0 Å². The first-order valence-corrected chi connectivity index (χ1v) is 6.95. The van der Waals surface area contributed by atoms with Crippen LogP contribution in [-0.2, 0) is 4.74 Å². The lowest BCUT2D eigenvalue weighted by Gasteiger charge is -2.35. The molecule has 0 heterocycles. The van der Waals surface area contributed by atoms with Gasteiger partial charge >= 0.3 is 0 Å². The number of nitrogens with one attached hydrogen (secondary N) is 1. The van der Waals surface area contributed by atoms with E-state index >= 15 is 0 Å². The van der Waals surface area contributed by atoms with Crippen molar-refractivity contribution < 1.29 is 4.74 Å². The summed E-state index contributed by atoms with van der Waals surface area (Å²) in [6.45, 7) is 12.8. The van der Waals surface area contributed by atoms with Crippen LogP contribution in [0.25, 0.3) is 0 Å². The summed E-state index contributed by atoms with van der Waals surface area (Å²) in [5.41, 5.74) is -0.0440. The van der Waals surface area contributed by atoms with E-state index < -0.39 is 0 Å². The maximum atomic E-state index is 5.86. The Morgan fingerprint density at radius 2 is 1.75 bits per heavy atom. The van der Waals surface area contributed by atoms with Crippen molar-refractivity contribution in [2.75, 3.05) is 13.2 Å². The van der Waals surface area contributed by atoms with Crippen molar-refractivity contribution in [3.8, 4) is 0 Å². The van der Waals surface area contributed by atoms with Gasteiger partial charge in [-0.15, -0.1) is 0 Å². The zero-order chi connectivity index (χ0) is 12.4. The fraction of sp³-hybridized carbons (Fsp3) is 1.00. The Morgan fingerprint density at radius 1 is 1.06 bits per heavy atom. The number of hydrogen-bond acceptors (Lipinski definition) is 2. The highest BCUT2D eigenvalue weighted by atomic mass is 16.5. The molecule has 1 N–H and O–H groups in total. The van der Waals surface area contributed by atoms with Crippen LogP contribution in [0.2, 0.25) is 0 Å². The number of hydrogen-bond donors (Lipinski definition) is 1. The van der Waals surface area contributed by atoms with E-state index in [4.69, 9.17) is 4.74 Å². The minimum Gasteiger partial charge on any atom is -0.374 e. The van der Waals surface area contributed by atoms with Gasteiger partial charge in [0.05, 0.1) is 5.60 Å². The first-order valence-electron chi connectivity index (χ1n) is 6.95. The van der Waals surface area contributed by atoms with Crippen LogP contribution < -0.4 is 5.32 Å². The lowest BCUT2D eigenvalue weighted by Crippen LogP contribution is -2.48. The Bertz CT molecular complexity index is 157. The molecule has 0 aliphatic carbocycles. The maximum absolute atomic E-state index is 5.86. The van der Waals surface area contributed by atoms with E-state index in [0.717, 1.165) is 13.2 Å². The third-order valence-corrected chi connectivity index (χ3v) is 3.09. The minimum atomic E-state index is -0.0440. The van der Waals surface area contributed by atoms with E-state index in [9.17, 15) is 0 Å². The van der Waals surface area contributed by atoms with Gasteiger partial charge in [-0.3, -0.25) is 0 Å². The predicted molar refractivity (Wildman–Crippen MR) is 71.9 cm³/mol. The van der Waals surface area contributed by atoms with Crippen molar-refractivity contribution in [2.45, 2.75) is 78.4 Å². The Hall–Kier alpha value is -0.0800. The van der Waals surface area contributed by atoms with Crippen molar-refractivity contribution in [3.05, 3.63) is 0 Å². The van der Waals surface area contributed by atoms with Gasteiger partial charge in [-0.25, -0.2) is 0 Å². The molecule has 98 valence electrons. The van der Waals surface area contributed by atoms with E-state index in [-0.39, 0.29) is 5.60 Å². The standard InChI is InChI=1S/C14H31NO/c1-6-9-10-11-13(15-12-7-2)14(4,5)16-8-3/h13,15H,6-12H2,1-5H3. The van der Waals surface area contributed by atoms with E-state index in [1.165, 1.54) is 32.1 Å². The average Bonchev–Trinajstić information content (AvgIpc) is 2.22. The molecular weight excluding hydrogens is 198 g/mol. The van der Waals surface area contributed by atoms with Crippen molar-refractivity contribution in [1.29, 1.82) is 0 Å². The van der Waals surface area contributed by atoms with Crippen LogP contribution in [0.3, 0.4) is 0 Å². The van der Waals surface area contributed by atoms with Crippen LogP contribution in [0.1, 0.15) is 66.7 Å². The van der Waals surface area contributed by atoms with Gasteiger partial charge in [-0.05, 0) is 40.2 Å². The van der Waals surface area contributed by atoms with Crippen LogP contribution in [0.5, 0.6) is 0 Å². The third-order valence-electron chi connectivity index (χ3n) is 3.09. The molecule has 0 saturated heterocycles. The molecule has 0 amide bonds. The quantitative estimate of drug-likeness (QED) is 0.576. The molecule has 0 rings (SSSR count). The molecule has 0 aromatic rings. The molecule has 0 aromatic carbocycles. The molecule has 0 radical (unpaired) electrons. The molecule has 0 aliphatic heterocycles. The highest BCUT2D eigenvalue weighted by Crippen LogP contribution is 2.20. The molecule has 0 spiro atoms. The summed E-state index contributed by atoms with van der Waals surface area (Å²) in [6.07, 6.45) is 6.32. The summed E-state index contributed by atoms with van der Waals surface area (Å²) in [5, 5.41) is 3.63. The molecule has 16 heavy (non-hydrogen) atoms. The SMILES string of the molecule is CCCCCC(NCCC)C(C)(C)OCC. The van der Waals surface area contributed by atoms with Gasteiger partial charge in [-0.1, -0.05) is 33.1 Å². The van der Waals surface area contributed by atoms with Crippen molar-refractivity contribution in [2.24, 2.45) is 0 Å². The molecule has 0 bridgehead atoms. The van der Waals surface area contributed by atoms with Crippen molar-refractivity contribution >= 4 is 0 Å². The first-order chi connectivity index (χ1) is 7.58. The monoisotopic (exact) mass is 229 g/mol. The molecule has 2 heteroatoms. The van der Waals surface area contributed by atoms with Gasteiger partial charge in [0.1, 0.15) is 0 Å². The van der Waals surface area contributed by atoms with E-state index in [1.54, 1.807) is 0 Å². The predicted octanol–water partition coefficient (Wildman–Crippen LogP) is 3.75. The summed E-state index contributed by atoms with van der Waals surface area (Å²) < 4.78 is 5.86. The zero-order valence-electron chi connectivity index (χ0n) is 11.9.